The van der Waals surface area contributed by atoms with Crippen LogP contribution in [0.3, 0.4) is 0 Å². The van der Waals surface area contributed by atoms with Crippen LogP contribution < -0.4 is 4.74 Å². The summed E-state index contributed by atoms with van der Waals surface area (Å²) in [5.41, 5.74) is 6.22. The quantitative estimate of drug-likeness (QED) is 0.268. The molecule has 0 saturated heterocycles. The lowest BCUT2D eigenvalue weighted by Crippen LogP contribution is -2.13. The first-order valence-corrected chi connectivity index (χ1v) is 12.2. The SMILES string of the molecule is CC(C)Cc1ccc(C(C)c2nc3ccccc3n2CCOc2ccc(C(C)C)cc2)cc1. The van der Waals surface area contributed by atoms with E-state index < -0.39 is 0 Å². The Morgan fingerprint density at radius 3 is 2.12 bits per heavy atom. The highest BCUT2D eigenvalue weighted by Crippen LogP contribution is 2.28. The molecule has 0 bridgehead atoms. The summed E-state index contributed by atoms with van der Waals surface area (Å²) in [6, 6.07) is 25.9. The normalized spacial score (nSPS) is 12.6. The maximum atomic E-state index is 6.11. The van der Waals surface area contributed by atoms with Crippen molar-refractivity contribution in [3.8, 4) is 5.75 Å². The Labute approximate surface area is 198 Å². The number of aromatic nitrogens is 2. The molecule has 4 aromatic rings. The number of fused-ring (bicyclic) bond motifs is 1. The first-order valence-electron chi connectivity index (χ1n) is 12.2. The van der Waals surface area contributed by atoms with Crippen molar-refractivity contribution in [3.05, 3.63) is 95.3 Å². The molecule has 172 valence electrons. The predicted octanol–water partition coefficient (Wildman–Crippen LogP) is 7.59. The monoisotopic (exact) mass is 440 g/mol. The number of rotatable bonds is 9. The van der Waals surface area contributed by atoms with E-state index in [9.17, 15) is 0 Å². The standard InChI is InChI=1S/C30H36N2O/c1-21(2)20-24-10-12-26(13-11-24)23(5)30-31-28-8-6-7-9-29(28)32(30)18-19-33-27-16-14-25(15-17-27)22(3)4/h6-17,21-23H,18-20H2,1-5H3. The summed E-state index contributed by atoms with van der Waals surface area (Å²) in [6.07, 6.45) is 1.11. The van der Waals surface area contributed by atoms with Gasteiger partial charge in [0.15, 0.2) is 0 Å². The Balaban J connectivity index is 1.54. The van der Waals surface area contributed by atoms with Crippen molar-refractivity contribution < 1.29 is 4.74 Å². The highest BCUT2D eigenvalue weighted by molar-refractivity contribution is 5.76. The molecule has 33 heavy (non-hydrogen) atoms. The van der Waals surface area contributed by atoms with Gasteiger partial charge in [-0.15, -0.1) is 0 Å². The van der Waals surface area contributed by atoms with E-state index in [0.29, 0.717) is 18.4 Å². The van der Waals surface area contributed by atoms with Gasteiger partial charge < -0.3 is 9.30 Å². The fraction of sp³-hybridized carbons (Fsp3) is 0.367. The van der Waals surface area contributed by atoms with Crippen LogP contribution in [-0.2, 0) is 13.0 Å². The summed E-state index contributed by atoms with van der Waals surface area (Å²) < 4.78 is 8.43. The highest BCUT2D eigenvalue weighted by atomic mass is 16.5. The van der Waals surface area contributed by atoms with E-state index in [-0.39, 0.29) is 5.92 Å². The molecule has 0 aliphatic carbocycles. The van der Waals surface area contributed by atoms with Gasteiger partial charge in [0.2, 0.25) is 0 Å². The van der Waals surface area contributed by atoms with Gasteiger partial charge in [0, 0.05) is 5.92 Å². The Bertz CT molecular complexity index is 1170. The number of nitrogens with zero attached hydrogens (tertiary/aromatic N) is 2. The van der Waals surface area contributed by atoms with Gasteiger partial charge in [-0.3, -0.25) is 0 Å². The third-order valence-corrected chi connectivity index (χ3v) is 6.33. The lowest BCUT2D eigenvalue weighted by molar-refractivity contribution is 0.297. The summed E-state index contributed by atoms with van der Waals surface area (Å²) in [5.74, 6) is 3.40. The van der Waals surface area contributed by atoms with Crippen LogP contribution in [0.1, 0.15) is 69.0 Å². The number of hydrogen-bond donors (Lipinski definition) is 0. The topological polar surface area (TPSA) is 27.1 Å². The highest BCUT2D eigenvalue weighted by Gasteiger charge is 2.18. The molecule has 0 amide bonds. The molecule has 0 N–H and O–H groups in total. The van der Waals surface area contributed by atoms with E-state index in [0.717, 1.165) is 35.6 Å². The van der Waals surface area contributed by atoms with Gasteiger partial charge >= 0.3 is 0 Å². The molecule has 1 unspecified atom stereocenters. The fourth-order valence-corrected chi connectivity index (χ4v) is 4.43. The molecule has 0 radical (unpaired) electrons. The van der Waals surface area contributed by atoms with Crippen LogP contribution in [0.25, 0.3) is 11.0 Å². The molecular weight excluding hydrogens is 404 g/mol. The van der Waals surface area contributed by atoms with Gasteiger partial charge in [0.05, 0.1) is 17.6 Å². The molecule has 0 aliphatic heterocycles. The Morgan fingerprint density at radius 2 is 1.45 bits per heavy atom. The summed E-state index contributed by atoms with van der Waals surface area (Å²) in [4.78, 5) is 5.02. The maximum absolute atomic E-state index is 6.11. The van der Waals surface area contributed by atoms with Crippen molar-refractivity contribution in [1.82, 2.24) is 9.55 Å². The minimum Gasteiger partial charge on any atom is -0.492 e. The largest absolute Gasteiger partial charge is 0.492 e. The van der Waals surface area contributed by atoms with Crippen LogP contribution in [0.4, 0.5) is 0 Å². The van der Waals surface area contributed by atoms with Crippen LogP contribution in [0.5, 0.6) is 5.75 Å². The third-order valence-electron chi connectivity index (χ3n) is 6.33. The van der Waals surface area contributed by atoms with Crippen molar-refractivity contribution in [2.24, 2.45) is 5.92 Å². The van der Waals surface area contributed by atoms with E-state index in [1.165, 1.54) is 16.7 Å². The second-order valence-electron chi connectivity index (χ2n) is 9.74. The van der Waals surface area contributed by atoms with E-state index in [1.807, 2.05) is 0 Å². The minimum absolute atomic E-state index is 0.204. The number of hydrogen-bond acceptors (Lipinski definition) is 2. The van der Waals surface area contributed by atoms with E-state index in [1.54, 1.807) is 0 Å². The molecule has 3 heteroatoms. The number of imidazole rings is 1. The summed E-state index contributed by atoms with van der Waals surface area (Å²) in [5, 5.41) is 0. The molecule has 3 aromatic carbocycles. The first kappa shape index (κ1) is 23.1. The molecule has 0 saturated carbocycles. The molecule has 1 heterocycles. The zero-order chi connectivity index (χ0) is 23.4. The van der Waals surface area contributed by atoms with Crippen LogP contribution in [0, 0.1) is 5.92 Å². The average Bonchev–Trinajstić information content (AvgIpc) is 3.18. The van der Waals surface area contributed by atoms with Gasteiger partial charge in [-0.2, -0.15) is 0 Å². The second kappa shape index (κ2) is 10.2. The van der Waals surface area contributed by atoms with Gasteiger partial charge in [-0.05, 0) is 59.2 Å². The zero-order valence-electron chi connectivity index (χ0n) is 20.6. The molecule has 1 atom stereocenters. The number of benzene rings is 3. The van der Waals surface area contributed by atoms with Crippen molar-refractivity contribution in [3.63, 3.8) is 0 Å². The van der Waals surface area contributed by atoms with E-state index in [2.05, 4.69) is 112 Å². The van der Waals surface area contributed by atoms with Gasteiger partial charge in [-0.1, -0.05) is 83.1 Å². The molecule has 0 aliphatic rings. The summed E-state index contributed by atoms with van der Waals surface area (Å²) >= 11 is 0. The van der Waals surface area contributed by atoms with Gasteiger partial charge in [-0.25, -0.2) is 4.98 Å². The number of ether oxygens (including phenoxy) is 1. The second-order valence-corrected chi connectivity index (χ2v) is 9.74. The summed E-state index contributed by atoms with van der Waals surface area (Å²) in [7, 11) is 0. The van der Waals surface area contributed by atoms with Crippen molar-refractivity contribution in [2.45, 2.75) is 59.4 Å². The van der Waals surface area contributed by atoms with Crippen LogP contribution >= 0.6 is 0 Å². The smallest absolute Gasteiger partial charge is 0.119 e. The number of para-hydroxylation sites is 2. The molecular formula is C30H36N2O. The van der Waals surface area contributed by atoms with Crippen LogP contribution in [0.15, 0.2) is 72.8 Å². The van der Waals surface area contributed by atoms with Crippen molar-refractivity contribution >= 4 is 11.0 Å². The third kappa shape index (κ3) is 5.47. The Hall–Kier alpha value is -3.07. The lowest BCUT2D eigenvalue weighted by Gasteiger charge is -2.16. The van der Waals surface area contributed by atoms with Gasteiger partial charge in [0.25, 0.3) is 0 Å². The predicted molar refractivity (Wildman–Crippen MR) is 138 cm³/mol. The zero-order valence-corrected chi connectivity index (χ0v) is 20.6. The summed E-state index contributed by atoms with van der Waals surface area (Å²) in [6.45, 7) is 12.6. The first-order chi connectivity index (χ1) is 15.9. The van der Waals surface area contributed by atoms with E-state index >= 15 is 0 Å². The Kier molecular flexibility index (Phi) is 7.17. The molecule has 0 fully saturated rings. The average molecular weight is 441 g/mol. The fourth-order valence-electron chi connectivity index (χ4n) is 4.43. The van der Waals surface area contributed by atoms with Crippen molar-refractivity contribution in [2.75, 3.05) is 6.61 Å². The van der Waals surface area contributed by atoms with E-state index in [4.69, 9.17) is 9.72 Å². The lowest BCUT2D eigenvalue weighted by atomic mass is 9.96. The van der Waals surface area contributed by atoms with Crippen molar-refractivity contribution in [1.29, 1.82) is 0 Å². The van der Waals surface area contributed by atoms with Crippen LogP contribution in [-0.4, -0.2) is 16.2 Å². The molecule has 0 spiro atoms. The van der Waals surface area contributed by atoms with Crippen LogP contribution in [0.2, 0.25) is 0 Å². The molecule has 3 nitrogen and oxygen atoms in total. The minimum atomic E-state index is 0.204. The molecule has 1 aromatic heterocycles. The Morgan fingerprint density at radius 1 is 0.788 bits per heavy atom. The molecule has 4 rings (SSSR count). The van der Waals surface area contributed by atoms with Gasteiger partial charge in [0.1, 0.15) is 18.2 Å². The maximum Gasteiger partial charge on any atom is 0.119 e.